The van der Waals surface area contributed by atoms with Gasteiger partial charge in [-0.05, 0) is 12.5 Å². The van der Waals surface area contributed by atoms with E-state index < -0.39 is 0 Å². The van der Waals surface area contributed by atoms with Gasteiger partial charge in [0.2, 0.25) is 5.96 Å². The lowest BCUT2D eigenvalue weighted by atomic mass is 10.4. The van der Waals surface area contributed by atoms with Crippen LogP contribution in [0.5, 0.6) is 0 Å². The zero-order valence-electron chi connectivity index (χ0n) is 8.27. The van der Waals surface area contributed by atoms with Gasteiger partial charge in [0.1, 0.15) is 0 Å². The summed E-state index contributed by atoms with van der Waals surface area (Å²) in [5.41, 5.74) is 2.46. The second-order valence-corrected chi connectivity index (χ2v) is 2.77. The van der Waals surface area contributed by atoms with Crippen LogP contribution in [0, 0.1) is 0 Å². The Morgan fingerprint density at radius 1 is 1.64 bits per heavy atom. The molecule has 0 atom stereocenters. The molecule has 0 aliphatic heterocycles. The molecule has 0 fully saturated rings. The van der Waals surface area contributed by atoms with Gasteiger partial charge in [-0.25, -0.2) is 5.84 Å². The lowest BCUT2D eigenvalue weighted by Crippen LogP contribution is -2.41. The molecule has 1 aromatic heterocycles. The van der Waals surface area contributed by atoms with Crippen molar-refractivity contribution in [3.8, 4) is 0 Å². The molecule has 0 aromatic carbocycles. The molecule has 1 rings (SSSR count). The molecule has 1 aromatic rings. The zero-order chi connectivity index (χ0) is 10.2. The molecule has 0 aliphatic carbocycles. The lowest BCUT2D eigenvalue weighted by Gasteiger charge is -2.07. The van der Waals surface area contributed by atoms with E-state index >= 15 is 0 Å². The normalized spacial score (nSPS) is 11.4. The van der Waals surface area contributed by atoms with Crippen LogP contribution < -0.4 is 16.6 Å². The summed E-state index contributed by atoms with van der Waals surface area (Å²) < 4.78 is 1.89. The number of nitrogens with zero attached hydrogens (tertiary/aromatic N) is 3. The highest BCUT2D eigenvalue weighted by Crippen LogP contribution is 1.87. The average molecular weight is 196 g/mol. The minimum Gasteiger partial charge on any atom is -0.355 e. The number of hydrogen-bond donors (Lipinski definition) is 3. The Kier molecular flexibility index (Phi) is 4.49. The van der Waals surface area contributed by atoms with Gasteiger partial charge >= 0.3 is 0 Å². The molecule has 0 bridgehead atoms. The highest BCUT2D eigenvalue weighted by Gasteiger charge is 1.93. The topological polar surface area (TPSA) is 80.3 Å². The fraction of sp³-hybridized carbons (Fsp3) is 0.500. The number of nitrogens with one attached hydrogen (secondary N) is 2. The van der Waals surface area contributed by atoms with Crippen LogP contribution in [0.3, 0.4) is 0 Å². The second kappa shape index (κ2) is 5.98. The third-order valence-electron chi connectivity index (χ3n) is 1.78. The van der Waals surface area contributed by atoms with E-state index in [0.29, 0.717) is 5.96 Å². The number of aliphatic imine (C=N–C) groups is 1. The van der Waals surface area contributed by atoms with Gasteiger partial charge in [-0.3, -0.25) is 15.1 Å². The Bertz CT molecular complexity index is 265. The zero-order valence-corrected chi connectivity index (χ0v) is 8.27. The largest absolute Gasteiger partial charge is 0.355 e. The molecule has 0 saturated heterocycles. The van der Waals surface area contributed by atoms with Crippen molar-refractivity contribution in [1.29, 1.82) is 0 Å². The van der Waals surface area contributed by atoms with Gasteiger partial charge in [-0.2, -0.15) is 5.10 Å². The van der Waals surface area contributed by atoms with Crippen LogP contribution in [-0.4, -0.2) is 29.3 Å². The number of nitrogens with two attached hydrogens (primary N) is 1. The predicted molar refractivity (Wildman–Crippen MR) is 55.5 cm³/mol. The lowest BCUT2D eigenvalue weighted by molar-refractivity contribution is 0.570. The number of hydrogen-bond acceptors (Lipinski definition) is 3. The molecule has 0 aliphatic rings. The van der Waals surface area contributed by atoms with Crippen LogP contribution in [-0.2, 0) is 6.54 Å². The standard InChI is InChI=1S/C8H16N6/c1-10-8(13-9)11-4-2-6-14-7-3-5-12-14/h3,5,7H,2,4,6,9H2,1H3,(H2,10,11,13). The summed E-state index contributed by atoms with van der Waals surface area (Å²) in [6.45, 7) is 1.71. The Morgan fingerprint density at radius 3 is 3.07 bits per heavy atom. The van der Waals surface area contributed by atoms with Crippen LogP contribution in [0.4, 0.5) is 0 Å². The summed E-state index contributed by atoms with van der Waals surface area (Å²) in [5.74, 6) is 5.80. The third kappa shape index (κ3) is 3.44. The molecule has 78 valence electrons. The molecule has 6 nitrogen and oxygen atoms in total. The number of guanidine groups is 1. The molecule has 0 spiro atoms. The average Bonchev–Trinajstić information content (AvgIpc) is 2.71. The summed E-state index contributed by atoms with van der Waals surface area (Å²) in [4.78, 5) is 3.89. The van der Waals surface area contributed by atoms with E-state index in [2.05, 4.69) is 20.8 Å². The molecule has 14 heavy (non-hydrogen) atoms. The summed E-state index contributed by atoms with van der Waals surface area (Å²) in [7, 11) is 1.68. The molecule has 6 heteroatoms. The van der Waals surface area contributed by atoms with Crippen molar-refractivity contribution in [1.82, 2.24) is 20.5 Å². The maximum absolute atomic E-state index is 5.20. The Balaban J connectivity index is 2.10. The number of aryl methyl sites for hydroxylation is 1. The molecule has 0 saturated carbocycles. The van der Waals surface area contributed by atoms with Gasteiger partial charge in [-0.1, -0.05) is 0 Å². The predicted octanol–water partition coefficient (Wildman–Crippen LogP) is -0.688. The van der Waals surface area contributed by atoms with Gasteiger partial charge in [-0.15, -0.1) is 0 Å². The quantitative estimate of drug-likeness (QED) is 0.196. The first-order chi connectivity index (χ1) is 6.86. The summed E-state index contributed by atoms with van der Waals surface area (Å²) >= 11 is 0. The van der Waals surface area contributed by atoms with Gasteiger partial charge in [0.25, 0.3) is 0 Å². The number of hydrazine groups is 1. The summed E-state index contributed by atoms with van der Waals surface area (Å²) in [6, 6.07) is 1.91. The second-order valence-electron chi connectivity index (χ2n) is 2.77. The highest BCUT2D eigenvalue weighted by atomic mass is 15.3. The van der Waals surface area contributed by atoms with Crippen LogP contribution in [0.25, 0.3) is 0 Å². The Hall–Kier alpha value is -1.56. The molecular formula is C8H16N6. The summed E-state index contributed by atoms with van der Waals surface area (Å²) in [6.07, 6.45) is 4.69. The van der Waals surface area contributed by atoms with E-state index in [0.717, 1.165) is 19.5 Å². The van der Waals surface area contributed by atoms with Crippen molar-refractivity contribution in [3.05, 3.63) is 18.5 Å². The van der Waals surface area contributed by atoms with E-state index in [9.17, 15) is 0 Å². The fourth-order valence-electron chi connectivity index (χ4n) is 1.08. The maximum atomic E-state index is 5.20. The first kappa shape index (κ1) is 10.5. The van der Waals surface area contributed by atoms with Crippen LogP contribution in [0.2, 0.25) is 0 Å². The van der Waals surface area contributed by atoms with Gasteiger partial charge in [0.15, 0.2) is 0 Å². The fourth-order valence-corrected chi connectivity index (χ4v) is 1.08. The van der Waals surface area contributed by atoms with Crippen molar-refractivity contribution in [3.63, 3.8) is 0 Å². The van der Waals surface area contributed by atoms with Gasteiger partial charge < -0.3 is 5.32 Å². The van der Waals surface area contributed by atoms with E-state index in [4.69, 9.17) is 5.84 Å². The highest BCUT2D eigenvalue weighted by molar-refractivity contribution is 5.78. The van der Waals surface area contributed by atoms with Gasteiger partial charge in [0, 0.05) is 32.5 Å². The summed E-state index contributed by atoms with van der Waals surface area (Å²) in [5, 5.41) is 7.15. The van der Waals surface area contributed by atoms with Crippen molar-refractivity contribution in [2.45, 2.75) is 13.0 Å². The molecule has 4 N–H and O–H groups in total. The molecule has 0 unspecified atom stereocenters. The molecular weight excluding hydrogens is 180 g/mol. The Labute approximate surface area is 83.2 Å². The molecule has 0 amide bonds. The van der Waals surface area contributed by atoms with Crippen molar-refractivity contribution in [2.24, 2.45) is 10.8 Å². The van der Waals surface area contributed by atoms with Crippen molar-refractivity contribution < 1.29 is 0 Å². The smallest absolute Gasteiger partial charge is 0.205 e. The van der Waals surface area contributed by atoms with Gasteiger partial charge in [0.05, 0.1) is 0 Å². The van der Waals surface area contributed by atoms with Crippen LogP contribution in [0.15, 0.2) is 23.5 Å². The first-order valence-electron chi connectivity index (χ1n) is 4.51. The van der Waals surface area contributed by atoms with Crippen LogP contribution >= 0.6 is 0 Å². The number of aromatic nitrogens is 2. The SMILES string of the molecule is CN=C(NN)NCCCn1cccn1. The minimum absolute atomic E-state index is 0.602. The maximum Gasteiger partial charge on any atom is 0.205 e. The van der Waals surface area contributed by atoms with Crippen molar-refractivity contribution in [2.75, 3.05) is 13.6 Å². The van der Waals surface area contributed by atoms with E-state index in [-0.39, 0.29) is 0 Å². The minimum atomic E-state index is 0.602. The van der Waals surface area contributed by atoms with E-state index in [1.165, 1.54) is 0 Å². The Morgan fingerprint density at radius 2 is 2.50 bits per heavy atom. The van der Waals surface area contributed by atoms with E-state index in [1.54, 1.807) is 13.2 Å². The van der Waals surface area contributed by atoms with E-state index in [1.807, 2.05) is 16.9 Å². The third-order valence-corrected chi connectivity index (χ3v) is 1.78. The van der Waals surface area contributed by atoms with Crippen molar-refractivity contribution >= 4 is 5.96 Å². The monoisotopic (exact) mass is 196 g/mol. The van der Waals surface area contributed by atoms with Crippen LogP contribution in [0.1, 0.15) is 6.42 Å². The molecule has 1 heterocycles. The first-order valence-corrected chi connectivity index (χ1v) is 4.51. The number of rotatable bonds is 4. The molecule has 0 radical (unpaired) electrons.